The van der Waals surface area contributed by atoms with Crippen LogP contribution in [-0.4, -0.2) is 13.1 Å². The van der Waals surface area contributed by atoms with Crippen LogP contribution in [0.25, 0.3) is 0 Å². The van der Waals surface area contributed by atoms with Crippen molar-refractivity contribution in [3.8, 4) is 5.75 Å². The molecule has 0 spiro atoms. The first-order valence-electron chi connectivity index (χ1n) is 7.44. The summed E-state index contributed by atoms with van der Waals surface area (Å²) in [5.74, 6) is -4.94. The first-order chi connectivity index (χ1) is 11.5. The fraction of sp³-hybridized carbons (Fsp3) is 0.278. The largest absolute Gasteiger partial charge is 0.420 e. The van der Waals surface area contributed by atoms with Crippen LogP contribution in [0.5, 0.6) is 5.75 Å². The molecule has 0 fully saturated rings. The zero-order valence-electron chi connectivity index (χ0n) is 13.4. The van der Waals surface area contributed by atoms with Crippen molar-refractivity contribution in [3.05, 3.63) is 64.5 Å². The molecule has 0 atom stereocenters. The second-order valence-electron chi connectivity index (χ2n) is 5.24. The Morgan fingerprint density at radius 1 is 1.08 bits per heavy atom. The predicted octanol–water partition coefficient (Wildman–Crippen LogP) is 4.42. The molecule has 0 heterocycles. The number of esters is 1. The Morgan fingerprint density at radius 3 is 2.46 bits per heavy atom. The third-order valence-electron chi connectivity index (χ3n) is 3.42. The molecular formula is C18H17F3O3. The third-order valence-corrected chi connectivity index (χ3v) is 3.42. The topological polar surface area (TPSA) is 35.5 Å². The Hall–Kier alpha value is -2.34. The van der Waals surface area contributed by atoms with Gasteiger partial charge in [-0.05, 0) is 36.2 Å². The lowest BCUT2D eigenvalue weighted by Gasteiger charge is -2.09. The maximum atomic E-state index is 14.0. The number of rotatable bonds is 6. The first kappa shape index (κ1) is 18.0. The number of hydrogen-bond donors (Lipinski definition) is 0. The van der Waals surface area contributed by atoms with Gasteiger partial charge in [-0.25, -0.2) is 13.6 Å². The Morgan fingerprint density at radius 2 is 1.83 bits per heavy atom. The Kier molecular flexibility index (Phi) is 5.98. The molecule has 0 amide bonds. The molecule has 2 aromatic rings. The Labute approximate surface area is 138 Å². The maximum absolute atomic E-state index is 14.0. The van der Waals surface area contributed by atoms with Crippen LogP contribution >= 0.6 is 0 Å². The molecule has 0 saturated heterocycles. The van der Waals surface area contributed by atoms with Crippen LogP contribution in [0.1, 0.15) is 34.8 Å². The van der Waals surface area contributed by atoms with Gasteiger partial charge < -0.3 is 9.47 Å². The number of carbonyl (C=O) groups excluding carboxylic acids is 1. The molecule has 128 valence electrons. The molecule has 24 heavy (non-hydrogen) atoms. The number of aryl methyl sites for hydroxylation is 1. The summed E-state index contributed by atoms with van der Waals surface area (Å²) in [6, 6.07) is 6.45. The van der Waals surface area contributed by atoms with Crippen molar-refractivity contribution in [2.24, 2.45) is 0 Å². The average molecular weight is 338 g/mol. The van der Waals surface area contributed by atoms with Crippen LogP contribution in [-0.2, 0) is 17.8 Å². The van der Waals surface area contributed by atoms with E-state index >= 15 is 0 Å². The summed E-state index contributed by atoms with van der Waals surface area (Å²) < 4.78 is 51.2. The van der Waals surface area contributed by atoms with Crippen molar-refractivity contribution in [1.29, 1.82) is 0 Å². The van der Waals surface area contributed by atoms with E-state index in [1.165, 1.54) is 25.3 Å². The summed E-state index contributed by atoms with van der Waals surface area (Å²) in [6.45, 7) is 1.83. The fourth-order valence-corrected chi connectivity index (χ4v) is 2.24. The monoisotopic (exact) mass is 338 g/mol. The van der Waals surface area contributed by atoms with Gasteiger partial charge in [-0.15, -0.1) is 0 Å². The van der Waals surface area contributed by atoms with E-state index in [4.69, 9.17) is 9.47 Å². The van der Waals surface area contributed by atoms with Crippen molar-refractivity contribution in [2.75, 3.05) is 7.11 Å². The Bertz CT molecular complexity index is 745. The highest BCUT2D eigenvalue weighted by atomic mass is 19.2. The molecule has 0 aliphatic heterocycles. The summed E-state index contributed by atoms with van der Waals surface area (Å²) >= 11 is 0. The normalized spacial score (nSPS) is 10.7. The van der Waals surface area contributed by atoms with Crippen LogP contribution in [0.3, 0.4) is 0 Å². The highest BCUT2D eigenvalue weighted by Crippen LogP contribution is 2.24. The van der Waals surface area contributed by atoms with E-state index in [2.05, 4.69) is 0 Å². The molecular weight excluding hydrogens is 321 g/mol. The summed E-state index contributed by atoms with van der Waals surface area (Å²) in [5.41, 5.74) is 0.397. The van der Waals surface area contributed by atoms with Crippen molar-refractivity contribution in [1.82, 2.24) is 0 Å². The summed E-state index contributed by atoms with van der Waals surface area (Å²) in [4.78, 5) is 12.0. The highest BCUT2D eigenvalue weighted by molar-refractivity contribution is 5.91. The molecule has 0 radical (unpaired) electrons. The van der Waals surface area contributed by atoms with E-state index in [0.29, 0.717) is 6.42 Å². The van der Waals surface area contributed by atoms with Gasteiger partial charge in [-0.1, -0.05) is 19.4 Å². The van der Waals surface area contributed by atoms with Crippen LogP contribution in [0.15, 0.2) is 30.3 Å². The number of benzene rings is 2. The number of hydrogen-bond acceptors (Lipinski definition) is 3. The molecule has 0 aliphatic rings. The number of methoxy groups -OCH3 is 1. The molecule has 0 bridgehead atoms. The number of carbonyl (C=O) groups is 1. The van der Waals surface area contributed by atoms with Crippen LogP contribution < -0.4 is 4.74 Å². The number of halogens is 3. The van der Waals surface area contributed by atoms with Gasteiger partial charge in [0, 0.05) is 12.7 Å². The minimum Gasteiger partial charge on any atom is -0.420 e. The van der Waals surface area contributed by atoms with Crippen LogP contribution in [0, 0.1) is 17.5 Å². The van der Waals surface area contributed by atoms with E-state index in [9.17, 15) is 18.0 Å². The molecule has 0 saturated carbocycles. The zero-order valence-corrected chi connectivity index (χ0v) is 13.4. The van der Waals surface area contributed by atoms with Gasteiger partial charge in [0.2, 0.25) is 5.82 Å². The average Bonchev–Trinajstić information content (AvgIpc) is 2.55. The van der Waals surface area contributed by atoms with Gasteiger partial charge in [0.15, 0.2) is 11.6 Å². The van der Waals surface area contributed by atoms with Crippen molar-refractivity contribution in [2.45, 2.75) is 26.4 Å². The van der Waals surface area contributed by atoms with E-state index < -0.39 is 29.2 Å². The van der Waals surface area contributed by atoms with Crippen LogP contribution in [0.2, 0.25) is 0 Å². The molecule has 0 aromatic heterocycles. The van der Waals surface area contributed by atoms with Crippen molar-refractivity contribution in [3.63, 3.8) is 0 Å². The van der Waals surface area contributed by atoms with E-state index in [1.807, 2.05) is 6.92 Å². The standard InChI is InChI=1S/C18H17F3O3/c1-3-4-11-5-7-13(14(19)9-11)18(22)24-15-8-6-12(10-23-2)16(20)17(15)21/h5-9H,3-4,10H2,1-2H3. The minimum atomic E-state index is -1.32. The van der Waals surface area contributed by atoms with Gasteiger partial charge in [-0.3, -0.25) is 0 Å². The molecule has 6 heteroatoms. The molecule has 0 aliphatic carbocycles. The van der Waals surface area contributed by atoms with Gasteiger partial charge in [0.05, 0.1) is 12.2 Å². The SMILES string of the molecule is CCCc1ccc(C(=O)Oc2ccc(COC)c(F)c2F)c(F)c1. The van der Waals surface area contributed by atoms with Gasteiger partial charge >= 0.3 is 5.97 Å². The lowest BCUT2D eigenvalue weighted by atomic mass is 10.1. The van der Waals surface area contributed by atoms with E-state index in [-0.39, 0.29) is 17.7 Å². The zero-order chi connectivity index (χ0) is 17.7. The quantitative estimate of drug-likeness (QED) is 0.578. The molecule has 2 aromatic carbocycles. The molecule has 2 rings (SSSR count). The summed E-state index contributed by atoms with van der Waals surface area (Å²) in [7, 11) is 1.34. The van der Waals surface area contributed by atoms with Gasteiger partial charge in [0.25, 0.3) is 0 Å². The summed E-state index contributed by atoms with van der Waals surface area (Å²) in [5, 5.41) is 0. The van der Waals surface area contributed by atoms with Gasteiger partial charge in [0.1, 0.15) is 5.82 Å². The van der Waals surface area contributed by atoms with E-state index in [1.54, 1.807) is 6.07 Å². The first-order valence-corrected chi connectivity index (χ1v) is 7.44. The smallest absolute Gasteiger partial charge is 0.346 e. The maximum Gasteiger partial charge on any atom is 0.346 e. The van der Waals surface area contributed by atoms with Gasteiger partial charge in [-0.2, -0.15) is 4.39 Å². The second kappa shape index (κ2) is 7.97. The summed E-state index contributed by atoms with van der Waals surface area (Å²) in [6.07, 6.45) is 1.51. The number of ether oxygens (including phenoxy) is 2. The molecule has 3 nitrogen and oxygen atoms in total. The van der Waals surface area contributed by atoms with E-state index in [0.717, 1.165) is 18.1 Å². The molecule has 0 N–H and O–H groups in total. The third kappa shape index (κ3) is 3.94. The van der Waals surface area contributed by atoms with Crippen molar-refractivity contribution < 1.29 is 27.4 Å². The minimum absolute atomic E-state index is 0.00935. The molecule has 0 unspecified atom stereocenters. The highest BCUT2D eigenvalue weighted by Gasteiger charge is 2.20. The lowest BCUT2D eigenvalue weighted by molar-refractivity contribution is 0.0721. The predicted molar refractivity (Wildman–Crippen MR) is 82.4 cm³/mol. The van der Waals surface area contributed by atoms with Crippen LogP contribution in [0.4, 0.5) is 13.2 Å². The second-order valence-corrected chi connectivity index (χ2v) is 5.24. The fourth-order valence-electron chi connectivity index (χ4n) is 2.24. The lowest BCUT2D eigenvalue weighted by Crippen LogP contribution is -2.13. The Balaban J connectivity index is 2.22. The van der Waals surface area contributed by atoms with Crippen molar-refractivity contribution >= 4 is 5.97 Å².